The summed E-state index contributed by atoms with van der Waals surface area (Å²) in [6.45, 7) is 2.88. The summed E-state index contributed by atoms with van der Waals surface area (Å²) in [5.74, 6) is 0.544. The number of hydrogen-bond donors (Lipinski definition) is 1. The van der Waals surface area contributed by atoms with Crippen LogP contribution in [0.2, 0.25) is 0 Å². The normalized spacial score (nSPS) is 26.1. The minimum Gasteiger partial charge on any atom is -0.481 e. The summed E-state index contributed by atoms with van der Waals surface area (Å²) in [4.78, 5) is 18.9. The van der Waals surface area contributed by atoms with Gasteiger partial charge >= 0.3 is 6.09 Å². The number of nitrogens with zero attached hydrogens (tertiary/aromatic N) is 2. The zero-order valence-electron chi connectivity index (χ0n) is 16.7. The van der Waals surface area contributed by atoms with Crippen molar-refractivity contribution < 1.29 is 24.1 Å². The minimum atomic E-state index is -1.07. The fraction of sp³-hybridized carbons (Fsp3) is 0.455. The molecule has 2 bridgehead atoms. The van der Waals surface area contributed by atoms with E-state index in [1.807, 2.05) is 43.3 Å². The summed E-state index contributed by atoms with van der Waals surface area (Å²) in [5.41, 5.74) is 1.48. The highest BCUT2D eigenvalue weighted by atomic mass is 16.6. The van der Waals surface area contributed by atoms with Crippen molar-refractivity contribution in [2.75, 3.05) is 20.3 Å². The lowest BCUT2D eigenvalue weighted by molar-refractivity contribution is -0.137. The van der Waals surface area contributed by atoms with Crippen LogP contribution in [0.25, 0.3) is 0 Å². The van der Waals surface area contributed by atoms with Crippen molar-refractivity contribution in [1.82, 2.24) is 9.88 Å². The molecule has 2 saturated heterocycles. The van der Waals surface area contributed by atoms with Crippen LogP contribution in [0.3, 0.4) is 0 Å². The molecule has 0 spiro atoms. The molecule has 1 amide bonds. The maximum Gasteiger partial charge on any atom is 0.410 e. The Labute approximate surface area is 170 Å². The topological polar surface area (TPSA) is 81.1 Å². The number of carbonyl (C=O) groups excluding carboxylic acids is 1. The van der Waals surface area contributed by atoms with E-state index in [1.165, 1.54) is 0 Å². The predicted molar refractivity (Wildman–Crippen MR) is 106 cm³/mol. The van der Waals surface area contributed by atoms with E-state index in [0.717, 1.165) is 16.7 Å². The monoisotopic (exact) mass is 398 g/mol. The molecule has 2 atom stereocenters. The smallest absolute Gasteiger partial charge is 0.410 e. The molecule has 3 heterocycles. The van der Waals surface area contributed by atoms with Gasteiger partial charge in [-0.25, -0.2) is 9.78 Å². The molecule has 1 aromatic heterocycles. The van der Waals surface area contributed by atoms with E-state index >= 15 is 0 Å². The van der Waals surface area contributed by atoms with Gasteiger partial charge in [-0.2, -0.15) is 0 Å². The molecule has 2 aliphatic rings. The van der Waals surface area contributed by atoms with Gasteiger partial charge in [-0.15, -0.1) is 0 Å². The Morgan fingerprint density at radius 1 is 1.28 bits per heavy atom. The number of piperidine rings is 1. The van der Waals surface area contributed by atoms with E-state index in [-0.39, 0.29) is 24.8 Å². The number of aliphatic hydroxyl groups is 1. The number of morpholine rings is 1. The van der Waals surface area contributed by atoms with Crippen LogP contribution in [0.15, 0.2) is 42.6 Å². The number of hydrogen-bond acceptors (Lipinski definition) is 6. The van der Waals surface area contributed by atoms with Gasteiger partial charge in [0.05, 0.1) is 38.0 Å². The van der Waals surface area contributed by atoms with E-state index < -0.39 is 5.60 Å². The highest BCUT2D eigenvalue weighted by molar-refractivity contribution is 5.69. The molecule has 0 saturated carbocycles. The standard InChI is InChI=1S/C22H26N2O5/c1-15-8-17(11-23-20(15)27-2)22(26)9-18-13-28-14-19(10-22)24(18)21(25)29-12-16-6-4-3-5-7-16/h3-8,11,18-19,26H,9-10,12-14H2,1-2H3. The summed E-state index contributed by atoms with van der Waals surface area (Å²) in [6.07, 6.45) is 2.04. The van der Waals surface area contributed by atoms with Gasteiger partial charge in [0.1, 0.15) is 6.61 Å². The van der Waals surface area contributed by atoms with Gasteiger partial charge in [0.25, 0.3) is 0 Å². The van der Waals surface area contributed by atoms with Gasteiger partial charge in [-0.1, -0.05) is 30.3 Å². The van der Waals surface area contributed by atoms with Crippen LogP contribution in [-0.2, 0) is 21.7 Å². The summed E-state index contributed by atoms with van der Waals surface area (Å²) in [7, 11) is 1.57. The Morgan fingerprint density at radius 2 is 1.97 bits per heavy atom. The highest BCUT2D eigenvalue weighted by Crippen LogP contribution is 2.41. The van der Waals surface area contributed by atoms with Crippen LogP contribution in [0.4, 0.5) is 4.79 Å². The molecule has 0 radical (unpaired) electrons. The first kappa shape index (κ1) is 19.7. The first-order valence-electron chi connectivity index (χ1n) is 9.80. The van der Waals surface area contributed by atoms with Crippen molar-refractivity contribution in [3.05, 3.63) is 59.3 Å². The number of aryl methyl sites for hydroxylation is 1. The van der Waals surface area contributed by atoms with Crippen LogP contribution < -0.4 is 4.74 Å². The second-order valence-corrected chi connectivity index (χ2v) is 7.78. The minimum absolute atomic E-state index is 0.225. The van der Waals surface area contributed by atoms with Gasteiger partial charge in [-0.05, 0) is 18.6 Å². The van der Waals surface area contributed by atoms with Gasteiger partial charge < -0.3 is 19.3 Å². The predicted octanol–water partition coefficient (Wildman–Crippen LogP) is 2.79. The van der Waals surface area contributed by atoms with E-state index in [1.54, 1.807) is 18.2 Å². The first-order valence-corrected chi connectivity index (χ1v) is 9.80. The summed E-state index contributed by atoms with van der Waals surface area (Å²) in [6, 6.07) is 11.0. The lowest BCUT2D eigenvalue weighted by Gasteiger charge is -2.50. The van der Waals surface area contributed by atoms with Crippen molar-refractivity contribution in [2.45, 2.75) is 44.1 Å². The fourth-order valence-corrected chi connectivity index (χ4v) is 4.33. The average molecular weight is 398 g/mol. The number of carbonyl (C=O) groups is 1. The van der Waals surface area contributed by atoms with Crippen LogP contribution in [0.1, 0.15) is 29.5 Å². The SMILES string of the molecule is COc1ncc(C2(O)CC3COCC(C2)N3C(=O)OCc2ccccc2)cc1C. The van der Waals surface area contributed by atoms with E-state index in [9.17, 15) is 9.90 Å². The van der Waals surface area contributed by atoms with Crippen molar-refractivity contribution in [1.29, 1.82) is 0 Å². The van der Waals surface area contributed by atoms with Crippen LogP contribution >= 0.6 is 0 Å². The van der Waals surface area contributed by atoms with Crippen LogP contribution in [-0.4, -0.2) is 53.5 Å². The number of rotatable bonds is 4. The second kappa shape index (κ2) is 8.00. The molecule has 1 aromatic carbocycles. The largest absolute Gasteiger partial charge is 0.481 e. The number of pyridine rings is 1. The highest BCUT2D eigenvalue weighted by Gasteiger charge is 2.49. The van der Waals surface area contributed by atoms with E-state index in [0.29, 0.717) is 31.9 Å². The number of amides is 1. The molecule has 2 aromatic rings. The van der Waals surface area contributed by atoms with Crippen LogP contribution in [0.5, 0.6) is 5.88 Å². The molecule has 154 valence electrons. The third-order valence-electron chi connectivity index (χ3n) is 5.73. The molecule has 29 heavy (non-hydrogen) atoms. The third kappa shape index (κ3) is 3.93. The molecular weight excluding hydrogens is 372 g/mol. The summed E-state index contributed by atoms with van der Waals surface area (Å²) in [5, 5.41) is 11.4. The van der Waals surface area contributed by atoms with Crippen molar-refractivity contribution in [3.63, 3.8) is 0 Å². The van der Waals surface area contributed by atoms with Crippen molar-refractivity contribution in [2.24, 2.45) is 0 Å². The number of methoxy groups -OCH3 is 1. The van der Waals surface area contributed by atoms with Gasteiger partial charge in [0.2, 0.25) is 5.88 Å². The quantitative estimate of drug-likeness (QED) is 0.853. The van der Waals surface area contributed by atoms with E-state index in [2.05, 4.69) is 4.98 Å². The van der Waals surface area contributed by atoms with Gasteiger partial charge in [-0.3, -0.25) is 4.90 Å². The number of fused-ring (bicyclic) bond motifs is 2. The Morgan fingerprint density at radius 3 is 2.59 bits per heavy atom. The maximum atomic E-state index is 12.8. The van der Waals surface area contributed by atoms with Crippen molar-refractivity contribution >= 4 is 6.09 Å². The Hall–Kier alpha value is -2.64. The zero-order chi connectivity index (χ0) is 20.4. The molecular formula is C22H26N2O5. The second-order valence-electron chi connectivity index (χ2n) is 7.78. The van der Waals surface area contributed by atoms with Gasteiger partial charge in [0.15, 0.2) is 0 Å². The number of benzene rings is 1. The molecule has 4 rings (SSSR count). The van der Waals surface area contributed by atoms with Crippen molar-refractivity contribution in [3.8, 4) is 5.88 Å². The average Bonchev–Trinajstić information content (AvgIpc) is 2.72. The van der Waals surface area contributed by atoms with Crippen LogP contribution in [0, 0.1) is 6.92 Å². The molecule has 2 unspecified atom stereocenters. The van der Waals surface area contributed by atoms with Gasteiger partial charge in [0, 0.05) is 30.2 Å². The molecule has 2 fully saturated rings. The Kier molecular flexibility index (Phi) is 5.43. The Balaban J connectivity index is 1.50. The molecule has 0 aliphatic carbocycles. The molecule has 7 nitrogen and oxygen atoms in total. The first-order chi connectivity index (χ1) is 14.0. The summed E-state index contributed by atoms with van der Waals surface area (Å²) < 4.78 is 16.4. The molecule has 2 aliphatic heterocycles. The number of ether oxygens (including phenoxy) is 3. The summed E-state index contributed by atoms with van der Waals surface area (Å²) >= 11 is 0. The molecule has 1 N–H and O–H groups in total. The Bertz CT molecular complexity index is 859. The number of aromatic nitrogens is 1. The fourth-order valence-electron chi connectivity index (χ4n) is 4.33. The zero-order valence-corrected chi connectivity index (χ0v) is 16.7. The lowest BCUT2D eigenvalue weighted by Crippen LogP contribution is -2.62. The van der Waals surface area contributed by atoms with E-state index in [4.69, 9.17) is 14.2 Å². The molecule has 7 heteroatoms. The maximum absolute atomic E-state index is 12.8. The lowest BCUT2D eigenvalue weighted by atomic mass is 9.77. The third-order valence-corrected chi connectivity index (χ3v) is 5.73.